The van der Waals surface area contributed by atoms with Gasteiger partial charge in [-0.3, -0.25) is 0 Å². The van der Waals surface area contributed by atoms with Crippen LogP contribution in [0.25, 0.3) is 0 Å². The highest BCUT2D eigenvalue weighted by Gasteiger charge is 2.53. The Morgan fingerprint density at radius 2 is 1.02 bits per heavy atom. The van der Waals surface area contributed by atoms with Gasteiger partial charge < -0.3 is 14.2 Å². The molecule has 0 saturated heterocycles. The second kappa shape index (κ2) is 13.8. The number of hydrogen-bond donors (Lipinski definition) is 0. The number of benzene rings is 2. The van der Waals surface area contributed by atoms with Crippen LogP contribution in [0.15, 0.2) is 99.2 Å². The molecule has 4 unspecified atom stereocenters. The van der Waals surface area contributed by atoms with Crippen molar-refractivity contribution < 1.29 is 14.2 Å². The van der Waals surface area contributed by atoms with Gasteiger partial charge in [0.1, 0.15) is 36.8 Å². The molecule has 0 aliphatic heterocycles. The van der Waals surface area contributed by atoms with Gasteiger partial charge in [0, 0.05) is 10.0 Å². The largest absolute Gasteiger partial charge is 0.468 e. The van der Waals surface area contributed by atoms with E-state index >= 15 is 0 Å². The Hall–Kier alpha value is -3.66. The molecule has 0 spiro atoms. The summed E-state index contributed by atoms with van der Waals surface area (Å²) in [5.74, 6) is 1.24. The zero-order valence-corrected chi connectivity index (χ0v) is 28.2. The van der Waals surface area contributed by atoms with Crippen LogP contribution in [0.4, 0.5) is 0 Å². The quantitative estimate of drug-likeness (QED) is 0.126. The molecule has 0 saturated carbocycles. The molecule has 4 atom stereocenters. The summed E-state index contributed by atoms with van der Waals surface area (Å²) in [6.07, 6.45) is 8.68. The van der Waals surface area contributed by atoms with E-state index in [-0.39, 0.29) is 13.2 Å². The topological polar surface area (TPSA) is 89.1 Å². The smallest absolute Gasteiger partial charge is 0.204 e. The molecular weight excluding hydrogens is 611 g/mol. The zero-order valence-electron chi connectivity index (χ0n) is 26.7. The molecular formula is C34H42Cl2N6O3. The summed E-state index contributed by atoms with van der Waals surface area (Å²) in [6, 6.07) is 14.4. The first kappa shape index (κ1) is 34.2. The summed E-state index contributed by atoms with van der Waals surface area (Å²) in [5.41, 5.74) is -2.43. The van der Waals surface area contributed by atoms with Gasteiger partial charge in [0.2, 0.25) is 12.5 Å². The molecule has 4 rings (SSSR count). The summed E-state index contributed by atoms with van der Waals surface area (Å²) in [4.78, 5) is 8.43. The zero-order chi connectivity index (χ0) is 32.9. The molecule has 0 radical (unpaired) electrons. The fourth-order valence-electron chi connectivity index (χ4n) is 5.39. The Morgan fingerprint density at radius 1 is 0.667 bits per heavy atom. The highest BCUT2D eigenvalue weighted by atomic mass is 35.5. The average molecular weight is 654 g/mol. The minimum absolute atomic E-state index is 0.217. The number of rotatable bonds is 14. The number of aromatic nitrogens is 6. The van der Waals surface area contributed by atoms with Crippen molar-refractivity contribution in [3.8, 4) is 11.5 Å². The molecule has 45 heavy (non-hydrogen) atoms. The van der Waals surface area contributed by atoms with E-state index < -0.39 is 34.1 Å². The normalized spacial score (nSPS) is 16.2. The summed E-state index contributed by atoms with van der Waals surface area (Å²) in [5, 5.41) is 10.2. The van der Waals surface area contributed by atoms with Crippen molar-refractivity contribution >= 4 is 23.2 Å². The molecule has 0 aliphatic carbocycles. The van der Waals surface area contributed by atoms with Gasteiger partial charge in [-0.1, -0.05) is 76.9 Å². The number of hydrogen-bond acceptors (Lipinski definition) is 7. The summed E-state index contributed by atoms with van der Waals surface area (Å²) in [7, 11) is 0. The van der Waals surface area contributed by atoms with Gasteiger partial charge in [0.25, 0.3) is 0 Å². The summed E-state index contributed by atoms with van der Waals surface area (Å²) in [6.45, 7) is 21.8. The second-order valence-electron chi connectivity index (χ2n) is 13.1. The van der Waals surface area contributed by atoms with Gasteiger partial charge in [0.15, 0.2) is 0 Å². The minimum atomic E-state index is -0.801. The van der Waals surface area contributed by atoms with Crippen molar-refractivity contribution in [1.82, 2.24) is 29.5 Å². The predicted molar refractivity (Wildman–Crippen MR) is 177 cm³/mol. The van der Waals surface area contributed by atoms with Gasteiger partial charge in [-0.05, 0) is 59.4 Å². The lowest BCUT2D eigenvalue weighted by atomic mass is 9.64. The monoisotopic (exact) mass is 652 g/mol. The highest BCUT2D eigenvalue weighted by Crippen LogP contribution is 2.52. The molecule has 240 valence electrons. The molecule has 9 nitrogen and oxygen atoms in total. The molecule has 0 amide bonds. The molecule has 2 aromatic heterocycles. The third-order valence-corrected chi connectivity index (χ3v) is 9.06. The first-order valence-electron chi connectivity index (χ1n) is 14.6. The number of nitrogens with zero attached hydrogens (tertiary/aromatic N) is 6. The third kappa shape index (κ3) is 7.27. The van der Waals surface area contributed by atoms with Crippen molar-refractivity contribution in [2.45, 2.75) is 54.0 Å². The van der Waals surface area contributed by atoms with Crippen LogP contribution in [0, 0.1) is 21.7 Å². The van der Waals surface area contributed by atoms with E-state index in [0.29, 0.717) is 21.5 Å². The van der Waals surface area contributed by atoms with Crippen LogP contribution in [0.3, 0.4) is 0 Å². The van der Waals surface area contributed by atoms with E-state index in [1.54, 1.807) is 46.3 Å². The predicted octanol–water partition coefficient (Wildman–Crippen LogP) is 8.49. The van der Waals surface area contributed by atoms with E-state index in [0.717, 1.165) is 0 Å². The summed E-state index contributed by atoms with van der Waals surface area (Å²) < 4.78 is 23.5. The lowest BCUT2D eigenvalue weighted by Gasteiger charge is -2.49. The van der Waals surface area contributed by atoms with Crippen molar-refractivity contribution in [2.75, 3.05) is 13.2 Å². The molecule has 0 aliphatic rings. The Labute approximate surface area is 275 Å². The van der Waals surface area contributed by atoms with Crippen LogP contribution < -0.4 is 9.47 Å². The van der Waals surface area contributed by atoms with E-state index in [4.69, 9.17) is 37.4 Å². The Morgan fingerprint density at radius 3 is 1.29 bits per heavy atom. The van der Waals surface area contributed by atoms with Gasteiger partial charge >= 0.3 is 0 Å². The maximum Gasteiger partial charge on any atom is 0.204 e. The molecule has 0 bridgehead atoms. The third-order valence-electron chi connectivity index (χ3n) is 8.56. The van der Waals surface area contributed by atoms with Crippen molar-refractivity contribution in [1.29, 1.82) is 0 Å². The summed E-state index contributed by atoms with van der Waals surface area (Å²) >= 11 is 12.3. The van der Waals surface area contributed by atoms with Crippen LogP contribution in [0.1, 0.15) is 54.0 Å². The lowest BCUT2D eigenvalue weighted by molar-refractivity contribution is -0.143. The fourth-order valence-corrected chi connectivity index (χ4v) is 5.64. The second-order valence-corrected chi connectivity index (χ2v) is 14.0. The molecule has 2 heterocycles. The Bertz CT molecular complexity index is 1400. The van der Waals surface area contributed by atoms with Crippen LogP contribution in [0.5, 0.6) is 11.5 Å². The van der Waals surface area contributed by atoms with Crippen LogP contribution >= 0.6 is 23.2 Å². The molecule has 0 fully saturated rings. The van der Waals surface area contributed by atoms with Gasteiger partial charge in [-0.25, -0.2) is 19.3 Å². The number of ether oxygens (including phenoxy) is 3. The fraction of sp³-hybridized carbons (Fsp3) is 0.412. The minimum Gasteiger partial charge on any atom is -0.468 e. The molecule has 11 heteroatoms. The maximum atomic E-state index is 6.80. The van der Waals surface area contributed by atoms with Gasteiger partial charge in [-0.2, -0.15) is 10.2 Å². The van der Waals surface area contributed by atoms with E-state index in [9.17, 15) is 0 Å². The first-order valence-corrected chi connectivity index (χ1v) is 15.4. The Kier molecular flexibility index (Phi) is 10.5. The van der Waals surface area contributed by atoms with Gasteiger partial charge in [-0.15, -0.1) is 13.2 Å². The van der Waals surface area contributed by atoms with E-state index in [2.05, 4.69) is 74.9 Å². The molecule has 2 aromatic carbocycles. The van der Waals surface area contributed by atoms with Crippen LogP contribution in [-0.4, -0.2) is 42.7 Å². The van der Waals surface area contributed by atoms with E-state index in [1.807, 2.05) is 36.4 Å². The number of halogens is 2. The van der Waals surface area contributed by atoms with Crippen molar-refractivity contribution in [3.05, 3.63) is 109 Å². The molecule has 0 N–H and O–H groups in total. The standard InChI is InChI=1S/C34H42Cl2N6O3/c1-9-33(31(3,4)5,29(41-23-37-21-39-41)44-27-15-11-25(35)12-16-27)19-43-20-34(10-2,32(6,7)8)30(42-24-38-22-40-42)45-28-17-13-26(36)14-18-28/h9-18,21-24,29-30H,1-2,19-20H2,3-8H3. The van der Waals surface area contributed by atoms with E-state index in [1.165, 1.54) is 12.7 Å². The molecule has 4 aromatic rings. The SMILES string of the molecule is C=CC(COCC(C=C)(C(Oc1ccc(Cl)cc1)n1cncn1)C(C)(C)C)(C(Oc1ccc(Cl)cc1)n1cncn1)C(C)(C)C. The van der Waals surface area contributed by atoms with Crippen LogP contribution in [0.2, 0.25) is 10.0 Å². The lowest BCUT2D eigenvalue weighted by Crippen LogP contribution is -2.51. The average Bonchev–Trinajstić information content (AvgIpc) is 3.72. The van der Waals surface area contributed by atoms with Crippen molar-refractivity contribution in [2.24, 2.45) is 21.7 Å². The Balaban J connectivity index is 1.74. The van der Waals surface area contributed by atoms with Crippen LogP contribution in [-0.2, 0) is 4.74 Å². The first-order chi connectivity index (χ1) is 21.3. The van der Waals surface area contributed by atoms with Gasteiger partial charge in [0.05, 0.1) is 24.0 Å². The maximum absolute atomic E-state index is 6.80. The highest BCUT2D eigenvalue weighted by molar-refractivity contribution is 6.30. The van der Waals surface area contributed by atoms with Crippen molar-refractivity contribution in [3.63, 3.8) is 0 Å².